The predicted octanol–water partition coefficient (Wildman–Crippen LogP) is 1.02. The van der Waals surface area contributed by atoms with Gasteiger partial charge in [0.2, 0.25) is 11.8 Å². The molecule has 148 valence electrons. The van der Waals surface area contributed by atoms with Crippen LogP contribution in [0.2, 0.25) is 0 Å². The molecule has 0 radical (unpaired) electrons. The van der Waals surface area contributed by atoms with Gasteiger partial charge in [0.25, 0.3) is 0 Å². The van der Waals surface area contributed by atoms with Crippen molar-refractivity contribution in [3.8, 4) is 0 Å². The molecule has 1 atom stereocenters. The molecular weight excluding hydrogens is 340 g/mol. The molecule has 1 saturated heterocycles. The maximum atomic E-state index is 12.2. The molecule has 1 aromatic carbocycles. The van der Waals surface area contributed by atoms with Crippen molar-refractivity contribution in [3.63, 3.8) is 0 Å². The van der Waals surface area contributed by atoms with E-state index >= 15 is 0 Å². The van der Waals surface area contributed by atoms with Crippen molar-refractivity contribution in [3.05, 3.63) is 35.9 Å². The van der Waals surface area contributed by atoms with E-state index in [0.717, 1.165) is 51.9 Å². The van der Waals surface area contributed by atoms with Crippen LogP contribution in [0.25, 0.3) is 0 Å². The van der Waals surface area contributed by atoms with E-state index in [4.69, 9.17) is 0 Å². The molecule has 1 unspecified atom stereocenters. The standard InChI is InChI=1S/C21H32N4O2/c1-17(21(27)23-19-9-10-19)25-14-12-24(13-15-25)16-20(26)22-11-5-8-18-6-3-2-4-7-18/h2-4,6-7,17,19H,5,8-16H2,1H3,(H,22,26)(H,23,27). The van der Waals surface area contributed by atoms with Crippen molar-refractivity contribution in [1.29, 1.82) is 0 Å². The number of amides is 2. The van der Waals surface area contributed by atoms with Gasteiger partial charge in [-0.2, -0.15) is 0 Å². The number of nitrogens with one attached hydrogen (secondary N) is 2. The Kier molecular flexibility index (Phi) is 7.24. The summed E-state index contributed by atoms with van der Waals surface area (Å²) < 4.78 is 0. The zero-order valence-electron chi connectivity index (χ0n) is 16.3. The quantitative estimate of drug-likeness (QED) is 0.636. The number of aryl methyl sites for hydroxylation is 1. The zero-order valence-corrected chi connectivity index (χ0v) is 16.3. The fourth-order valence-corrected chi connectivity index (χ4v) is 3.45. The van der Waals surface area contributed by atoms with Crippen LogP contribution in [0.4, 0.5) is 0 Å². The molecule has 27 heavy (non-hydrogen) atoms. The summed E-state index contributed by atoms with van der Waals surface area (Å²) in [5.41, 5.74) is 1.31. The van der Waals surface area contributed by atoms with Gasteiger partial charge in [0, 0.05) is 38.8 Å². The molecule has 0 bridgehead atoms. The Labute approximate surface area is 162 Å². The minimum atomic E-state index is -0.0837. The third-order valence-electron chi connectivity index (χ3n) is 5.43. The maximum Gasteiger partial charge on any atom is 0.237 e. The zero-order chi connectivity index (χ0) is 19.1. The molecule has 2 fully saturated rings. The minimum absolute atomic E-state index is 0.0837. The molecular formula is C21H32N4O2. The summed E-state index contributed by atoms with van der Waals surface area (Å²) >= 11 is 0. The largest absolute Gasteiger partial charge is 0.355 e. The van der Waals surface area contributed by atoms with Crippen molar-refractivity contribution in [1.82, 2.24) is 20.4 Å². The second kappa shape index (κ2) is 9.85. The van der Waals surface area contributed by atoms with E-state index in [0.29, 0.717) is 19.1 Å². The van der Waals surface area contributed by atoms with Gasteiger partial charge >= 0.3 is 0 Å². The van der Waals surface area contributed by atoms with Gasteiger partial charge in [-0.3, -0.25) is 19.4 Å². The molecule has 2 aliphatic rings. The van der Waals surface area contributed by atoms with Gasteiger partial charge in [0.1, 0.15) is 0 Å². The summed E-state index contributed by atoms with van der Waals surface area (Å²) in [6.45, 7) is 6.47. The smallest absolute Gasteiger partial charge is 0.237 e. The van der Waals surface area contributed by atoms with Crippen LogP contribution in [-0.2, 0) is 16.0 Å². The highest BCUT2D eigenvalue weighted by Gasteiger charge is 2.30. The van der Waals surface area contributed by atoms with Gasteiger partial charge in [-0.15, -0.1) is 0 Å². The topological polar surface area (TPSA) is 64.7 Å². The van der Waals surface area contributed by atoms with Crippen LogP contribution >= 0.6 is 0 Å². The van der Waals surface area contributed by atoms with E-state index in [1.807, 2.05) is 25.1 Å². The second-order valence-corrected chi connectivity index (χ2v) is 7.71. The lowest BCUT2D eigenvalue weighted by Crippen LogP contribution is -2.55. The van der Waals surface area contributed by atoms with Gasteiger partial charge in [0.05, 0.1) is 12.6 Å². The molecule has 1 saturated carbocycles. The number of hydrogen-bond donors (Lipinski definition) is 2. The summed E-state index contributed by atoms with van der Waals surface area (Å²) in [5.74, 6) is 0.234. The molecule has 2 N–H and O–H groups in total. The van der Waals surface area contributed by atoms with Crippen molar-refractivity contribution < 1.29 is 9.59 Å². The normalized spacial score (nSPS) is 19.4. The molecule has 1 aromatic rings. The van der Waals surface area contributed by atoms with E-state index in [1.54, 1.807) is 0 Å². The number of piperazine rings is 1. The van der Waals surface area contributed by atoms with Crippen molar-refractivity contribution in [2.75, 3.05) is 39.3 Å². The van der Waals surface area contributed by atoms with Crippen LogP contribution in [0.3, 0.4) is 0 Å². The molecule has 1 aliphatic carbocycles. The fraction of sp³-hybridized carbons (Fsp3) is 0.619. The third-order valence-corrected chi connectivity index (χ3v) is 5.43. The number of nitrogens with zero attached hydrogens (tertiary/aromatic N) is 2. The Morgan fingerprint density at radius 3 is 2.48 bits per heavy atom. The molecule has 6 heteroatoms. The molecule has 0 aromatic heterocycles. The summed E-state index contributed by atoms with van der Waals surface area (Å²) in [7, 11) is 0. The maximum absolute atomic E-state index is 12.2. The first-order chi connectivity index (χ1) is 13.1. The first-order valence-corrected chi connectivity index (χ1v) is 10.2. The Morgan fingerprint density at radius 1 is 1.11 bits per heavy atom. The first kappa shape index (κ1) is 19.8. The Balaban J connectivity index is 1.28. The van der Waals surface area contributed by atoms with Crippen molar-refractivity contribution in [2.45, 2.75) is 44.7 Å². The van der Waals surface area contributed by atoms with Crippen molar-refractivity contribution in [2.24, 2.45) is 0 Å². The summed E-state index contributed by atoms with van der Waals surface area (Å²) in [6, 6.07) is 10.7. The Hall–Kier alpha value is -1.92. The number of hydrogen-bond acceptors (Lipinski definition) is 4. The van der Waals surface area contributed by atoms with E-state index in [-0.39, 0.29) is 17.9 Å². The Morgan fingerprint density at radius 2 is 1.81 bits per heavy atom. The Bertz CT molecular complexity index is 610. The summed E-state index contributed by atoms with van der Waals surface area (Å²) in [4.78, 5) is 28.7. The average Bonchev–Trinajstić information content (AvgIpc) is 3.50. The van der Waals surface area contributed by atoms with Gasteiger partial charge in [-0.25, -0.2) is 0 Å². The monoisotopic (exact) mass is 372 g/mol. The lowest BCUT2D eigenvalue weighted by atomic mass is 10.1. The molecule has 6 nitrogen and oxygen atoms in total. The second-order valence-electron chi connectivity index (χ2n) is 7.71. The van der Waals surface area contributed by atoms with Crippen LogP contribution in [0.15, 0.2) is 30.3 Å². The van der Waals surface area contributed by atoms with Crippen LogP contribution in [0, 0.1) is 0 Å². The lowest BCUT2D eigenvalue weighted by Gasteiger charge is -2.37. The molecule has 3 rings (SSSR count). The molecule has 1 aliphatic heterocycles. The molecule has 1 heterocycles. The van der Waals surface area contributed by atoms with Gasteiger partial charge in [-0.05, 0) is 38.2 Å². The number of benzene rings is 1. The summed E-state index contributed by atoms with van der Waals surface area (Å²) in [5, 5.41) is 6.10. The SMILES string of the molecule is CC(C(=O)NC1CC1)N1CCN(CC(=O)NCCCc2ccccc2)CC1. The fourth-order valence-electron chi connectivity index (χ4n) is 3.45. The number of rotatable bonds is 9. The van der Waals surface area contributed by atoms with Crippen molar-refractivity contribution >= 4 is 11.8 Å². The van der Waals surface area contributed by atoms with Crippen LogP contribution < -0.4 is 10.6 Å². The molecule has 2 amide bonds. The third kappa shape index (κ3) is 6.63. The van der Waals surface area contributed by atoms with Gasteiger partial charge < -0.3 is 10.6 Å². The average molecular weight is 373 g/mol. The number of carbonyl (C=O) groups is 2. The minimum Gasteiger partial charge on any atom is -0.355 e. The van der Waals surface area contributed by atoms with E-state index in [1.165, 1.54) is 5.56 Å². The first-order valence-electron chi connectivity index (χ1n) is 10.2. The van der Waals surface area contributed by atoms with E-state index in [9.17, 15) is 9.59 Å². The van der Waals surface area contributed by atoms with Crippen LogP contribution in [0.5, 0.6) is 0 Å². The predicted molar refractivity (Wildman–Crippen MR) is 106 cm³/mol. The van der Waals surface area contributed by atoms with E-state index < -0.39 is 0 Å². The summed E-state index contributed by atoms with van der Waals surface area (Å²) in [6.07, 6.45) is 4.18. The van der Waals surface area contributed by atoms with Gasteiger partial charge in [0.15, 0.2) is 0 Å². The highest BCUT2D eigenvalue weighted by molar-refractivity contribution is 5.82. The van der Waals surface area contributed by atoms with Crippen LogP contribution in [-0.4, -0.2) is 73.0 Å². The number of carbonyl (C=O) groups excluding carboxylic acids is 2. The molecule has 0 spiro atoms. The van der Waals surface area contributed by atoms with E-state index in [2.05, 4.69) is 32.6 Å². The van der Waals surface area contributed by atoms with Crippen LogP contribution in [0.1, 0.15) is 31.7 Å². The highest BCUT2D eigenvalue weighted by atomic mass is 16.2. The highest BCUT2D eigenvalue weighted by Crippen LogP contribution is 2.19. The van der Waals surface area contributed by atoms with Gasteiger partial charge in [-0.1, -0.05) is 30.3 Å². The lowest BCUT2D eigenvalue weighted by molar-refractivity contribution is -0.128.